The van der Waals surface area contributed by atoms with E-state index in [1.807, 2.05) is 13.1 Å². The van der Waals surface area contributed by atoms with Gasteiger partial charge in [0, 0.05) is 30.9 Å². The van der Waals surface area contributed by atoms with Crippen LogP contribution in [0.2, 0.25) is 0 Å². The molecule has 1 aromatic heterocycles. The molecule has 1 aliphatic rings. The van der Waals surface area contributed by atoms with Gasteiger partial charge >= 0.3 is 0 Å². The molecule has 1 atom stereocenters. The van der Waals surface area contributed by atoms with Crippen LogP contribution in [0.15, 0.2) is 6.07 Å². The largest absolute Gasteiger partial charge is 0.376 e. The van der Waals surface area contributed by atoms with Crippen molar-refractivity contribution in [1.82, 2.24) is 4.90 Å². The Morgan fingerprint density at radius 3 is 2.95 bits per heavy atom. The summed E-state index contributed by atoms with van der Waals surface area (Å²) >= 11 is 1.61. The van der Waals surface area contributed by atoms with Crippen LogP contribution in [0.4, 0.5) is 0 Å². The van der Waals surface area contributed by atoms with Gasteiger partial charge in [-0.1, -0.05) is 13.8 Å². The Kier molecular flexibility index (Phi) is 5.18. The van der Waals surface area contributed by atoms with Crippen LogP contribution < -0.4 is 5.73 Å². The number of nitrogens with zero attached hydrogens (tertiary/aromatic N) is 1. The normalized spacial score (nSPS) is 16.1. The van der Waals surface area contributed by atoms with E-state index in [2.05, 4.69) is 13.8 Å². The number of hydrogen-bond acceptors (Lipinski definition) is 4. The highest BCUT2D eigenvalue weighted by atomic mass is 32.1. The first-order valence-corrected chi connectivity index (χ1v) is 8.01. The van der Waals surface area contributed by atoms with E-state index in [4.69, 9.17) is 10.5 Å². The average molecular weight is 296 g/mol. The second-order valence-corrected chi connectivity index (χ2v) is 6.92. The number of ether oxygens (including phenoxy) is 1. The average Bonchev–Trinajstić information content (AvgIpc) is 2.87. The van der Waals surface area contributed by atoms with Gasteiger partial charge in [-0.3, -0.25) is 4.79 Å². The summed E-state index contributed by atoms with van der Waals surface area (Å²) in [6, 6.07) is 2.13. The maximum Gasteiger partial charge on any atom is 0.263 e. The fraction of sp³-hybridized carbons (Fsp3) is 0.667. The molecule has 1 aliphatic heterocycles. The minimum absolute atomic E-state index is 0.0976. The van der Waals surface area contributed by atoms with Gasteiger partial charge in [0.05, 0.1) is 18.1 Å². The molecule has 0 bridgehead atoms. The van der Waals surface area contributed by atoms with Gasteiger partial charge in [-0.2, -0.15) is 0 Å². The SMILES string of the molecule is CC(C)C(N)CCN(C)C(=O)c1cc2c(s1)CCOC2. The predicted molar refractivity (Wildman–Crippen MR) is 82.1 cm³/mol. The maximum atomic E-state index is 12.4. The van der Waals surface area contributed by atoms with Crippen molar-refractivity contribution in [3.05, 3.63) is 21.4 Å². The number of carbonyl (C=O) groups excluding carboxylic acids is 1. The molecule has 0 aliphatic carbocycles. The second kappa shape index (κ2) is 6.70. The quantitative estimate of drug-likeness (QED) is 0.907. The third-order valence-corrected chi connectivity index (χ3v) is 5.06. The lowest BCUT2D eigenvalue weighted by Gasteiger charge is -2.21. The van der Waals surface area contributed by atoms with Gasteiger partial charge in [-0.05, 0) is 24.0 Å². The number of fused-ring (bicyclic) bond motifs is 1. The first-order chi connectivity index (χ1) is 9.49. The van der Waals surface area contributed by atoms with Gasteiger partial charge in [-0.25, -0.2) is 0 Å². The smallest absolute Gasteiger partial charge is 0.263 e. The Balaban J connectivity index is 1.94. The molecule has 0 radical (unpaired) electrons. The van der Waals surface area contributed by atoms with Crippen LogP contribution in [0.5, 0.6) is 0 Å². The molecule has 0 fully saturated rings. The molecule has 112 valence electrons. The molecular formula is C15H24N2O2S. The summed E-state index contributed by atoms with van der Waals surface area (Å²) in [4.78, 5) is 16.3. The molecule has 1 unspecified atom stereocenters. The first kappa shape index (κ1) is 15.5. The Morgan fingerprint density at radius 2 is 2.30 bits per heavy atom. The van der Waals surface area contributed by atoms with E-state index < -0.39 is 0 Å². The van der Waals surface area contributed by atoms with Crippen LogP contribution in [0, 0.1) is 5.92 Å². The minimum Gasteiger partial charge on any atom is -0.376 e. The molecule has 1 amide bonds. The van der Waals surface area contributed by atoms with E-state index in [0.717, 1.165) is 24.3 Å². The second-order valence-electron chi connectivity index (χ2n) is 5.78. The third-order valence-electron chi connectivity index (χ3n) is 3.84. The number of amides is 1. The number of rotatable bonds is 5. The van der Waals surface area contributed by atoms with Crippen molar-refractivity contribution >= 4 is 17.2 Å². The summed E-state index contributed by atoms with van der Waals surface area (Å²) in [6.45, 7) is 6.33. The fourth-order valence-corrected chi connectivity index (χ4v) is 3.36. The molecule has 2 heterocycles. The van der Waals surface area contributed by atoms with Gasteiger partial charge in [0.15, 0.2) is 0 Å². The van der Waals surface area contributed by atoms with Crippen LogP contribution in [0.3, 0.4) is 0 Å². The van der Waals surface area contributed by atoms with Gasteiger partial charge in [-0.15, -0.1) is 11.3 Å². The van der Waals surface area contributed by atoms with Crippen molar-refractivity contribution in [3.8, 4) is 0 Å². The van der Waals surface area contributed by atoms with Gasteiger partial charge in [0.1, 0.15) is 0 Å². The Hall–Kier alpha value is -0.910. The number of carbonyl (C=O) groups is 1. The predicted octanol–water partition coefficient (Wildman–Crippen LogP) is 2.27. The highest BCUT2D eigenvalue weighted by Crippen LogP contribution is 2.27. The number of nitrogens with two attached hydrogens (primary N) is 1. The third kappa shape index (κ3) is 3.59. The highest BCUT2D eigenvalue weighted by Gasteiger charge is 2.20. The van der Waals surface area contributed by atoms with E-state index >= 15 is 0 Å². The first-order valence-electron chi connectivity index (χ1n) is 7.19. The minimum atomic E-state index is 0.0976. The molecule has 0 saturated heterocycles. The molecule has 1 aromatic rings. The van der Waals surface area contributed by atoms with Gasteiger partial charge < -0.3 is 15.4 Å². The summed E-state index contributed by atoms with van der Waals surface area (Å²) in [5, 5.41) is 0. The van der Waals surface area contributed by atoms with E-state index in [1.54, 1.807) is 16.2 Å². The lowest BCUT2D eigenvalue weighted by atomic mass is 10.0. The molecule has 20 heavy (non-hydrogen) atoms. The van der Waals surface area contributed by atoms with Crippen LogP contribution in [0.25, 0.3) is 0 Å². The lowest BCUT2D eigenvalue weighted by Crippen LogP contribution is -2.34. The van der Waals surface area contributed by atoms with E-state index in [9.17, 15) is 4.79 Å². The van der Waals surface area contributed by atoms with Crippen molar-refractivity contribution in [2.24, 2.45) is 11.7 Å². The van der Waals surface area contributed by atoms with Crippen molar-refractivity contribution in [1.29, 1.82) is 0 Å². The standard InChI is InChI=1S/C15H24N2O2S/c1-10(2)12(16)4-6-17(3)15(18)14-8-11-9-19-7-5-13(11)20-14/h8,10,12H,4-7,9,16H2,1-3H3. The maximum absolute atomic E-state index is 12.4. The van der Waals surface area contributed by atoms with E-state index in [1.165, 1.54) is 10.4 Å². The molecule has 0 aromatic carbocycles. The lowest BCUT2D eigenvalue weighted by molar-refractivity contribution is 0.0793. The molecule has 0 spiro atoms. The molecule has 2 N–H and O–H groups in total. The van der Waals surface area contributed by atoms with Crippen molar-refractivity contribution < 1.29 is 9.53 Å². The van der Waals surface area contributed by atoms with Gasteiger partial charge in [0.2, 0.25) is 0 Å². The van der Waals surface area contributed by atoms with Crippen molar-refractivity contribution in [2.75, 3.05) is 20.2 Å². The summed E-state index contributed by atoms with van der Waals surface area (Å²) in [5.41, 5.74) is 7.21. The van der Waals surface area contributed by atoms with Crippen molar-refractivity contribution in [2.45, 2.75) is 39.3 Å². The topological polar surface area (TPSA) is 55.6 Å². The van der Waals surface area contributed by atoms with Crippen LogP contribution in [0.1, 0.15) is 40.4 Å². The number of thiophene rings is 1. The summed E-state index contributed by atoms with van der Waals surface area (Å²) in [7, 11) is 1.85. The Labute approximate surface area is 124 Å². The van der Waals surface area contributed by atoms with E-state index in [-0.39, 0.29) is 11.9 Å². The highest BCUT2D eigenvalue weighted by molar-refractivity contribution is 7.14. The van der Waals surface area contributed by atoms with Gasteiger partial charge in [0.25, 0.3) is 5.91 Å². The summed E-state index contributed by atoms with van der Waals surface area (Å²) < 4.78 is 5.42. The zero-order valence-electron chi connectivity index (χ0n) is 12.5. The van der Waals surface area contributed by atoms with Crippen molar-refractivity contribution in [3.63, 3.8) is 0 Å². The van der Waals surface area contributed by atoms with E-state index in [0.29, 0.717) is 19.1 Å². The Morgan fingerprint density at radius 1 is 1.55 bits per heavy atom. The fourth-order valence-electron chi connectivity index (χ4n) is 2.22. The molecular weight excluding hydrogens is 272 g/mol. The zero-order valence-corrected chi connectivity index (χ0v) is 13.3. The summed E-state index contributed by atoms with van der Waals surface area (Å²) in [5.74, 6) is 0.546. The van der Waals surface area contributed by atoms with Crippen LogP contribution in [-0.4, -0.2) is 37.0 Å². The molecule has 2 rings (SSSR count). The Bertz CT molecular complexity index is 447. The monoisotopic (exact) mass is 296 g/mol. The molecule has 4 nitrogen and oxygen atoms in total. The molecule has 5 heteroatoms. The van der Waals surface area contributed by atoms with Crippen LogP contribution in [-0.2, 0) is 17.8 Å². The molecule has 0 saturated carbocycles. The number of hydrogen-bond donors (Lipinski definition) is 1. The zero-order chi connectivity index (χ0) is 14.7. The van der Waals surface area contributed by atoms with Crippen LogP contribution >= 0.6 is 11.3 Å². The summed E-state index contributed by atoms with van der Waals surface area (Å²) in [6.07, 6.45) is 1.77.